The third-order valence-electron chi connectivity index (χ3n) is 3.07. The van der Waals surface area contributed by atoms with Crippen LogP contribution < -0.4 is 4.72 Å². The van der Waals surface area contributed by atoms with Crippen LogP contribution in [0.5, 0.6) is 0 Å². The lowest BCUT2D eigenvalue weighted by Gasteiger charge is -2.20. The first kappa shape index (κ1) is 15.7. The molecule has 0 saturated carbocycles. The number of aromatic nitrogens is 2. The van der Waals surface area contributed by atoms with Crippen molar-refractivity contribution in [2.24, 2.45) is 0 Å². The van der Waals surface area contributed by atoms with Crippen LogP contribution in [0.2, 0.25) is 5.15 Å². The highest BCUT2D eigenvalue weighted by Gasteiger charge is 2.24. The van der Waals surface area contributed by atoms with Gasteiger partial charge in [-0.1, -0.05) is 11.6 Å². The highest BCUT2D eigenvalue weighted by Crippen LogP contribution is 2.24. The Kier molecular flexibility index (Phi) is 4.70. The van der Waals surface area contributed by atoms with Gasteiger partial charge in [0.05, 0.1) is 0 Å². The summed E-state index contributed by atoms with van der Waals surface area (Å²) in [6.45, 7) is 5.05. The maximum atomic E-state index is 12.3. The molecule has 0 aromatic carbocycles. The third-order valence-corrected chi connectivity index (χ3v) is 5.69. The van der Waals surface area contributed by atoms with Gasteiger partial charge in [0.15, 0.2) is 15.1 Å². The van der Waals surface area contributed by atoms with Crippen molar-refractivity contribution < 1.29 is 8.42 Å². The summed E-state index contributed by atoms with van der Waals surface area (Å²) in [4.78, 5) is 6.65. The summed E-state index contributed by atoms with van der Waals surface area (Å²) in [5, 5.41) is 1.77. The van der Waals surface area contributed by atoms with Gasteiger partial charge in [0.1, 0.15) is 0 Å². The first-order valence-corrected chi connectivity index (χ1v) is 8.88. The van der Waals surface area contributed by atoms with E-state index in [9.17, 15) is 8.42 Å². The van der Waals surface area contributed by atoms with Crippen LogP contribution in [0.1, 0.15) is 13.8 Å². The number of thiazole rings is 1. The van der Waals surface area contributed by atoms with Gasteiger partial charge in [-0.3, -0.25) is 4.40 Å². The number of nitrogens with one attached hydrogen (secondary N) is 1. The summed E-state index contributed by atoms with van der Waals surface area (Å²) < 4.78 is 28.7. The van der Waals surface area contributed by atoms with Crippen LogP contribution in [0.4, 0.5) is 0 Å². The maximum absolute atomic E-state index is 12.3. The fourth-order valence-electron chi connectivity index (χ4n) is 1.66. The first-order valence-electron chi connectivity index (χ1n) is 6.14. The number of nitrogens with zero attached hydrogens (tertiary/aromatic N) is 3. The molecule has 2 aromatic rings. The number of hydrogen-bond acceptors (Lipinski definition) is 5. The number of sulfonamides is 1. The Morgan fingerprint density at radius 3 is 2.90 bits per heavy atom. The largest absolute Gasteiger partial charge is 0.303 e. The van der Waals surface area contributed by atoms with Gasteiger partial charge in [-0.25, -0.2) is 18.1 Å². The molecule has 1 N–H and O–H groups in total. The fourth-order valence-corrected chi connectivity index (χ4v) is 4.13. The minimum Gasteiger partial charge on any atom is -0.303 e. The fraction of sp³-hybridized carbons (Fsp3) is 0.545. The molecule has 0 fully saturated rings. The Balaban J connectivity index is 2.14. The molecule has 112 valence electrons. The van der Waals surface area contributed by atoms with Gasteiger partial charge >= 0.3 is 0 Å². The predicted octanol–water partition coefficient (Wildman–Crippen LogP) is 1.67. The Hall–Kier alpha value is -0.670. The lowest BCUT2D eigenvalue weighted by atomic mass is 10.3. The minimum absolute atomic E-state index is 0.00145. The Morgan fingerprint density at radius 2 is 2.25 bits per heavy atom. The van der Waals surface area contributed by atoms with Crippen LogP contribution in [0.25, 0.3) is 4.96 Å². The normalized spacial score (nSPS) is 12.9. The molecule has 0 amide bonds. The molecule has 0 unspecified atom stereocenters. The molecule has 2 aromatic heterocycles. The van der Waals surface area contributed by atoms with Crippen LogP contribution in [0, 0.1) is 0 Å². The first-order chi connectivity index (χ1) is 9.33. The Morgan fingerprint density at radius 1 is 1.55 bits per heavy atom. The molecule has 0 aliphatic heterocycles. The molecule has 0 aliphatic carbocycles. The van der Waals surface area contributed by atoms with Gasteiger partial charge in [-0.15, -0.1) is 11.3 Å². The van der Waals surface area contributed by atoms with Crippen molar-refractivity contribution in [3.8, 4) is 0 Å². The molecule has 2 rings (SSSR count). The molecule has 0 radical (unpaired) electrons. The van der Waals surface area contributed by atoms with E-state index < -0.39 is 10.0 Å². The molecule has 0 spiro atoms. The van der Waals surface area contributed by atoms with E-state index >= 15 is 0 Å². The van der Waals surface area contributed by atoms with Crippen LogP contribution in [-0.2, 0) is 10.0 Å². The molecule has 2 heterocycles. The third kappa shape index (κ3) is 3.15. The van der Waals surface area contributed by atoms with E-state index in [1.54, 1.807) is 11.6 Å². The average Bonchev–Trinajstić information content (AvgIpc) is 2.87. The molecule has 0 bridgehead atoms. The van der Waals surface area contributed by atoms with Gasteiger partial charge in [-0.05, 0) is 20.9 Å². The van der Waals surface area contributed by atoms with E-state index in [4.69, 9.17) is 11.6 Å². The average molecular weight is 337 g/mol. The molecule has 20 heavy (non-hydrogen) atoms. The predicted molar refractivity (Wildman–Crippen MR) is 81.0 cm³/mol. The van der Waals surface area contributed by atoms with Crippen molar-refractivity contribution in [1.29, 1.82) is 0 Å². The second kappa shape index (κ2) is 5.98. The molecule has 0 aliphatic rings. The summed E-state index contributed by atoms with van der Waals surface area (Å²) in [5.41, 5.74) is 0. The zero-order valence-electron chi connectivity index (χ0n) is 11.5. The van der Waals surface area contributed by atoms with E-state index in [1.165, 1.54) is 15.7 Å². The highest BCUT2D eigenvalue weighted by atomic mass is 35.5. The van der Waals surface area contributed by atoms with E-state index in [1.807, 2.05) is 7.05 Å². The lowest BCUT2D eigenvalue weighted by Crippen LogP contribution is -2.36. The monoisotopic (exact) mass is 336 g/mol. The van der Waals surface area contributed by atoms with E-state index in [-0.39, 0.29) is 10.2 Å². The highest BCUT2D eigenvalue weighted by molar-refractivity contribution is 7.89. The zero-order valence-corrected chi connectivity index (χ0v) is 13.9. The van der Waals surface area contributed by atoms with Crippen LogP contribution in [-0.4, -0.2) is 48.9 Å². The molecule has 0 saturated heterocycles. The SMILES string of the molecule is CC(C)N(C)CCNS(=O)(=O)c1c(Cl)nc2sccn12. The second-order valence-corrected chi connectivity index (χ2v) is 7.65. The number of imidazole rings is 1. The minimum atomic E-state index is -3.67. The van der Waals surface area contributed by atoms with Crippen molar-refractivity contribution in [3.05, 3.63) is 16.7 Å². The second-order valence-electron chi connectivity index (χ2n) is 4.74. The van der Waals surface area contributed by atoms with Crippen LogP contribution in [0.15, 0.2) is 16.6 Å². The van der Waals surface area contributed by atoms with Crippen molar-refractivity contribution in [2.75, 3.05) is 20.1 Å². The quantitative estimate of drug-likeness (QED) is 0.871. The molecule has 6 nitrogen and oxygen atoms in total. The van der Waals surface area contributed by atoms with Crippen molar-refractivity contribution in [1.82, 2.24) is 19.0 Å². The number of fused-ring (bicyclic) bond motifs is 1. The lowest BCUT2D eigenvalue weighted by molar-refractivity contribution is 0.278. The Labute approximate surface area is 127 Å². The topological polar surface area (TPSA) is 66.7 Å². The number of hydrogen-bond donors (Lipinski definition) is 1. The summed E-state index contributed by atoms with van der Waals surface area (Å²) in [6, 6.07) is 0.363. The van der Waals surface area contributed by atoms with Crippen molar-refractivity contribution in [2.45, 2.75) is 24.9 Å². The van der Waals surface area contributed by atoms with Crippen LogP contribution in [0.3, 0.4) is 0 Å². The van der Waals surface area contributed by atoms with Gasteiger partial charge in [0.2, 0.25) is 0 Å². The van der Waals surface area contributed by atoms with Gasteiger partial charge in [0, 0.05) is 30.7 Å². The maximum Gasteiger partial charge on any atom is 0.259 e. The zero-order chi connectivity index (χ0) is 14.9. The summed E-state index contributed by atoms with van der Waals surface area (Å²) >= 11 is 7.27. The Bertz CT molecular complexity index is 692. The van der Waals surface area contributed by atoms with Crippen molar-refractivity contribution >= 4 is 37.9 Å². The molecule has 9 heteroatoms. The smallest absolute Gasteiger partial charge is 0.259 e. The standard InChI is InChI=1S/C11H17ClN4O2S2/c1-8(2)15(3)5-4-13-20(17,18)10-9(12)14-11-16(10)6-7-19-11/h6-8,13H,4-5H2,1-3H3. The van der Waals surface area contributed by atoms with E-state index in [0.717, 1.165) is 0 Å². The molecular weight excluding hydrogens is 320 g/mol. The van der Waals surface area contributed by atoms with Gasteiger partial charge in [0.25, 0.3) is 10.0 Å². The number of likely N-dealkylation sites (N-methyl/N-ethyl adjacent to an activating group) is 1. The van der Waals surface area contributed by atoms with Crippen LogP contribution >= 0.6 is 22.9 Å². The summed E-state index contributed by atoms with van der Waals surface area (Å²) in [6.07, 6.45) is 1.65. The summed E-state index contributed by atoms with van der Waals surface area (Å²) in [7, 11) is -1.72. The van der Waals surface area contributed by atoms with E-state index in [0.29, 0.717) is 24.1 Å². The van der Waals surface area contributed by atoms with E-state index in [2.05, 4.69) is 28.5 Å². The molecular formula is C11H17ClN4O2S2. The van der Waals surface area contributed by atoms with Gasteiger partial charge in [-0.2, -0.15) is 0 Å². The number of rotatable bonds is 6. The number of halogens is 1. The van der Waals surface area contributed by atoms with Gasteiger partial charge < -0.3 is 4.90 Å². The summed E-state index contributed by atoms with van der Waals surface area (Å²) in [5.74, 6) is 0. The van der Waals surface area contributed by atoms with Crippen molar-refractivity contribution in [3.63, 3.8) is 0 Å². The molecule has 0 atom stereocenters.